The minimum absolute atomic E-state index is 0.00955. The molecule has 0 atom stereocenters. The van der Waals surface area contributed by atoms with Crippen LogP contribution in [0.5, 0.6) is 11.5 Å². The third kappa shape index (κ3) is 6.67. The highest BCUT2D eigenvalue weighted by Crippen LogP contribution is 2.38. The Morgan fingerprint density at radius 3 is 2.07 bits per heavy atom. The molecule has 3 nitrogen and oxygen atoms in total. The van der Waals surface area contributed by atoms with Gasteiger partial charge in [-0.2, -0.15) is 0 Å². The van der Waals surface area contributed by atoms with Crippen molar-refractivity contribution in [3.8, 4) is 11.5 Å². The van der Waals surface area contributed by atoms with E-state index in [-0.39, 0.29) is 29.3 Å². The van der Waals surface area contributed by atoms with Gasteiger partial charge in [0.15, 0.2) is 5.78 Å². The molecule has 0 spiro atoms. The van der Waals surface area contributed by atoms with E-state index in [9.17, 15) is 4.79 Å². The molecule has 2 rings (SSSR count). The van der Waals surface area contributed by atoms with Crippen molar-refractivity contribution in [2.45, 2.75) is 66.1 Å². The molecule has 0 amide bonds. The van der Waals surface area contributed by atoms with Crippen molar-refractivity contribution in [1.29, 1.82) is 0 Å². The second-order valence-corrected chi connectivity index (χ2v) is 9.32. The van der Waals surface area contributed by atoms with Crippen LogP contribution in [0.2, 0.25) is 0 Å². The summed E-state index contributed by atoms with van der Waals surface area (Å²) in [6.07, 6.45) is 10.8. The third-order valence-electron chi connectivity index (χ3n) is 4.34. The minimum Gasteiger partial charge on any atom is -0.491 e. The van der Waals surface area contributed by atoms with Crippen LogP contribution in [0, 0.1) is 5.92 Å². The summed E-state index contributed by atoms with van der Waals surface area (Å²) in [5, 5.41) is 0. The van der Waals surface area contributed by atoms with E-state index >= 15 is 0 Å². The van der Waals surface area contributed by atoms with Gasteiger partial charge >= 0.3 is 0 Å². The maximum atomic E-state index is 12.6. The molecule has 0 unspecified atom stereocenters. The molecular formula is C25H32O3S. The zero-order chi connectivity index (χ0) is 21.8. The van der Waals surface area contributed by atoms with Gasteiger partial charge in [0.25, 0.3) is 0 Å². The zero-order valence-electron chi connectivity index (χ0n) is 18.5. The first-order chi connectivity index (χ1) is 13.5. The van der Waals surface area contributed by atoms with Crippen molar-refractivity contribution in [3.63, 3.8) is 0 Å². The van der Waals surface area contributed by atoms with Crippen LogP contribution in [0.1, 0.15) is 59.6 Å². The maximum Gasteiger partial charge on any atom is 0.166 e. The lowest BCUT2D eigenvalue weighted by Crippen LogP contribution is -2.17. The average molecular weight is 413 g/mol. The molecule has 0 fully saturated rings. The van der Waals surface area contributed by atoms with E-state index in [2.05, 4.69) is 26.8 Å². The molecule has 4 heteroatoms. The fourth-order valence-electron chi connectivity index (χ4n) is 2.99. The molecule has 1 aromatic rings. The number of hydrogen-bond donors (Lipinski definition) is 0. The third-order valence-corrected chi connectivity index (χ3v) is 4.61. The molecule has 29 heavy (non-hydrogen) atoms. The largest absolute Gasteiger partial charge is 0.491 e. The van der Waals surface area contributed by atoms with Gasteiger partial charge in [-0.3, -0.25) is 4.79 Å². The molecule has 1 aliphatic rings. The standard InChI is InChI=1S/C25H32O3S/c1-16(2)27-23-15-24(28-17(3)4)21(25(5,6)7)14-19(23)10-13-22(26)18-8-11-20(29)12-9-18/h8-18H,1-7H3/b13-10+. The smallest absolute Gasteiger partial charge is 0.166 e. The van der Waals surface area contributed by atoms with Crippen LogP contribution in [0.15, 0.2) is 42.5 Å². The van der Waals surface area contributed by atoms with E-state index in [0.717, 1.165) is 21.7 Å². The average Bonchev–Trinajstić information content (AvgIpc) is 2.59. The van der Waals surface area contributed by atoms with Crippen molar-refractivity contribution >= 4 is 28.9 Å². The first kappa shape index (κ1) is 23.1. The first-order valence-corrected chi connectivity index (χ1v) is 10.5. The van der Waals surface area contributed by atoms with Crippen molar-refractivity contribution in [2.75, 3.05) is 0 Å². The topological polar surface area (TPSA) is 35.5 Å². The molecule has 0 saturated heterocycles. The van der Waals surface area contributed by atoms with Gasteiger partial charge in [0, 0.05) is 22.1 Å². The second-order valence-electron chi connectivity index (χ2n) is 8.85. The molecule has 1 aromatic carbocycles. The fourth-order valence-corrected chi connectivity index (χ4v) is 3.15. The van der Waals surface area contributed by atoms with Crippen LogP contribution >= 0.6 is 12.2 Å². The van der Waals surface area contributed by atoms with Gasteiger partial charge in [-0.15, -0.1) is 0 Å². The summed E-state index contributed by atoms with van der Waals surface area (Å²) in [5.74, 6) is 1.26. The number of hydrogen-bond acceptors (Lipinski definition) is 4. The Kier molecular flexibility index (Phi) is 7.59. The van der Waals surface area contributed by atoms with Gasteiger partial charge in [0.1, 0.15) is 11.5 Å². The number of rotatable bonds is 7. The van der Waals surface area contributed by atoms with E-state index in [1.165, 1.54) is 0 Å². The Morgan fingerprint density at radius 2 is 1.55 bits per heavy atom. The quantitative estimate of drug-likeness (QED) is 0.391. The summed E-state index contributed by atoms with van der Waals surface area (Å²) < 4.78 is 12.1. The highest BCUT2D eigenvalue weighted by molar-refractivity contribution is 7.81. The molecule has 156 valence electrons. The van der Waals surface area contributed by atoms with Crippen LogP contribution in [0.3, 0.4) is 0 Å². The number of thiocarbonyl (C=S) groups is 1. The lowest BCUT2D eigenvalue weighted by molar-refractivity contribution is -0.115. The predicted octanol–water partition coefficient (Wildman–Crippen LogP) is 6.25. The Morgan fingerprint density at radius 1 is 1.00 bits per heavy atom. The van der Waals surface area contributed by atoms with E-state index in [1.807, 2.05) is 52.0 Å². The molecule has 1 aliphatic carbocycles. The van der Waals surface area contributed by atoms with Crippen LogP contribution in [-0.4, -0.2) is 22.9 Å². The lowest BCUT2D eigenvalue weighted by atomic mass is 9.85. The molecule has 0 saturated carbocycles. The van der Waals surface area contributed by atoms with Gasteiger partial charge < -0.3 is 9.47 Å². The van der Waals surface area contributed by atoms with E-state index in [4.69, 9.17) is 21.7 Å². The van der Waals surface area contributed by atoms with E-state index in [0.29, 0.717) is 5.75 Å². The number of carbonyl (C=O) groups is 1. The molecule has 0 heterocycles. The molecular weight excluding hydrogens is 380 g/mol. The molecule has 0 radical (unpaired) electrons. The monoisotopic (exact) mass is 412 g/mol. The Bertz CT molecular complexity index is 836. The zero-order valence-corrected chi connectivity index (χ0v) is 19.3. The molecule has 0 bridgehead atoms. The normalized spacial score (nSPS) is 15.0. The summed E-state index contributed by atoms with van der Waals surface area (Å²) in [6, 6.07) is 4.02. The maximum absolute atomic E-state index is 12.6. The van der Waals surface area contributed by atoms with E-state index in [1.54, 1.807) is 18.2 Å². The fraction of sp³-hybridized carbons (Fsp3) is 0.440. The van der Waals surface area contributed by atoms with Crippen molar-refractivity contribution < 1.29 is 14.3 Å². The summed E-state index contributed by atoms with van der Waals surface area (Å²) >= 11 is 5.10. The number of ether oxygens (including phenoxy) is 2. The highest BCUT2D eigenvalue weighted by atomic mass is 32.1. The number of allylic oxidation sites excluding steroid dienone is 5. The predicted molar refractivity (Wildman–Crippen MR) is 125 cm³/mol. The van der Waals surface area contributed by atoms with Crippen LogP contribution in [0.25, 0.3) is 6.08 Å². The Hall–Kier alpha value is -2.20. The van der Waals surface area contributed by atoms with Gasteiger partial charge in [-0.25, -0.2) is 0 Å². The Labute approximate surface area is 180 Å². The Balaban J connectivity index is 2.44. The van der Waals surface area contributed by atoms with Gasteiger partial charge in [0.05, 0.1) is 18.1 Å². The van der Waals surface area contributed by atoms with Crippen molar-refractivity contribution in [1.82, 2.24) is 0 Å². The molecule has 0 N–H and O–H groups in total. The molecule has 0 aliphatic heterocycles. The summed E-state index contributed by atoms with van der Waals surface area (Å²) in [5.41, 5.74) is 1.84. The molecule has 0 aromatic heterocycles. The highest BCUT2D eigenvalue weighted by Gasteiger charge is 2.23. The second kappa shape index (κ2) is 9.53. The number of ketones is 1. The minimum atomic E-state index is -0.280. The first-order valence-electron chi connectivity index (χ1n) is 10.1. The summed E-state index contributed by atoms with van der Waals surface area (Å²) in [7, 11) is 0. The summed E-state index contributed by atoms with van der Waals surface area (Å²) in [6.45, 7) is 14.4. The van der Waals surface area contributed by atoms with Gasteiger partial charge in [0.2, 0.25) is 0 Å². The van der Waals surface area contributed by atoms with Gasteiger partial charge in [-0.1, -0.05) is 45.1 Å². The van der Waals surface area contributed by atoms with Crippen molar-refractivity contribution in [2.24, 2.45) is 5.92 Å². The van der Waals surface area contributed by atoms with Crippen LogP contribution < -0.4 is 9.47 Å². The van der Waals surface area contributed by atoms with Crippen molar-refractivity contribution in [3.05, 3.63) is 53.6 Å². The number of benzene rings is 1. The lowest BCUT2D eigenvalue weighted by Gasteiger charge is -2.26. The van der Waals surface area contributed by atoms with E-state index < -0.39 is 0 Å². The van der Waals surface area contributed by atoms with Crippen LogP contribution in [-0.2, 0) is 10.2 Å². The SMILES string of the molecule is CC(C)Oc1cc(OC(C)C)c(C(C)(C)C)cc1/C=C/C(=O)C1C=CC(=S)C=C1. The summed E-state index contributed by atoms with van der Waals surface area (Å²) in [4.78, 5) is 13.3. The van der Waals surface area contributed by atoms with Gasteiger partial charge in [-0.05, 0) is 63.5 Å². The van der Waals surface area contributed by atoms with Crippen LogP contribution in [0.4, 0.5) is 0 Å². The number of carbonyl (C=O) groups excluding carboxylic acids is 1.